The van der Waals surface area contributed by atoms with E-state index < -0.39 is 0 Å². The van der Waals surface area contributed by atoms with Gasteiger partial charge in [0.05, 0.1) is 17.8 Å². The van der Waals surface area contributed by atoms with Gasteiger partial charge in [0.15, 0.2) is 0 Å². The first-order valence-corrected chi connectivity index (χ1v) is 7.19. The third kappa shape index (κ3) is 3.96. The second-order valence-electron chi connectivity index (χ2n) is 6.31. The Bertz CT molecular complexity index is 662. The lowest BCUT2D eigenvalue weighted by atomic mass is 10.1. The summed E-state index contributed by atoms with van der Waals surface area (Å²) in [7, 11) is 2.02. The molecule has 1 aromatic heterocycles. The quantitative estimate of drug-likeness (QED) is 0.872. The Hall–Kier alpha value is -2.05. The lowest BCUT2D eigenvalue weighted by molar-refractivity contribution is 0.421. The maximum absolute atomic E-state index is 5.45. The van der Waals surface area contributed by atoms with Crippen LogP contribution in [0.4, 0.5) is 5.69 Å². The smallest absolute Gasteiger partial charge is 0.0788 e. The molecular weight excluding hydrogens is 258 g/mol. The predicted octanol–water partition coefficient (Wildman–Crippen LogP) is 3.19. The number of nitrogens with zero attached hydrogens (tertiary/aromatic N) is 2. The number of hydrogen-bond acceptors (Lipinski definition) is 3. The average Bonchev–Trinajstić information content (AvgIpc) is 2.43. The van der Waals surface area contributed by atoms with Gasteiger partial charge in [-0.1, -0.05) is 24.1 Å². The molecule has 0 saturated heterocycles. The van der Waals surface area contributed by atoms with Gasteiger partial charge in [0, 0.05) is 30.2 Å². The molecule has 1 heterocycles. The molecule has 0 bridgehead atoms. The summed E-state index contributed by atoms with van der Waals surface area (Å²) in [6.45, 7) is 7.78. The number of benzene rings is 1. The van der Waals surface area contributed by atoms with Gasteiger partial charge in [-0.3, -0.25) is 4.98 Å². The third-order valence-electron chi connectivity index (χ3n) is 3.29. The molecule has 2 rings (SSSR count). The highest BCUT2D eigenvalue weighted by Gasteiger charge is 2.12. The van der Waals surface area contributed by atoms with Gasteiger partial charge in [-0.05, 0) is 32.9 Å². The molecule has 0 aliphatic heterocycles. The maximum Gasteiger partial charge on any atom is 0.0788 e. The van der Waals surface area contributed by atoms with E-state index >= 15 is 0 Å². The molecule has 21 heavy (non-hydrogen) atoms. The highest BCUT2D eigenvalue weighted by molar-refractivity contribution is 5.91. The van der Waals surface area contributed by atoms with E-state index in [0.717, 1.165) is 28.8 Å². The van der Waals surface area contributed by atoms with Crippen LogP contribution < -0.4 is 10.2 Å². The second-order valence-corrected chi connectivity index (χ2v) is 6.31. The first-order valence-electron chi connectivity index (χ1n) is 7.19. The summed E-state index contributed by atoms with van der Waals surface area (Å²) in [6.07, 6.45) is 5.45. The fourth-order valence-electron chi connectivity index (χ4n) is 2.19. The molecule has 3 heteroatoms. The predicted molar refractivity (Wildman–Crippen MR) is 90.4 cm³/mol. The van der Waals surface area contributed by atoms with Gasteiger partial charge in [-0.15, -0.1) is 6.42 Å². The number of rotatable bonds is 4. The lowest BCUT2D eigenvalue weighted by Crippen LogP contribution is -2.35. The molecule has 0 unspecified atom stereocenters. The van der Waals surface area contributed by atoms with Crippen molar-refractivity contribution < 1.29 is 0 Å². The number of hydrogen-bond donors (Lipinski definition) is 1. The van der Waals surface area contributed by atoms with E-state index in [-0.39, 0.29) is 5.54 Å². The average molecular weight is 281 g/mol. The summed E-state index contributed by atoms with van der Waals surface area (Å²) in [4.78, 5) is 6.83. The molecule has 0 fully saturated rings. The molecule has 0 spiro atoms. The largest absolute Gasteiger partial charge is 0.363 e. The van der Waals surface area contributed by atoms with E-state index in [1.165, 1.54) is 0 Å². The molecule has 0 atom stereocenters. The van der Waals surface area contributed by atoms with Crippen molar-refractivity contribution in [2.75, 3.05) is 18.5 Å². The van der Waals surface area contributed by atoms with Gasteiger partial charge in [0.1, 0.15) is 0 Å². The molecule has 0 saturated carbocycles. The summed E-state index contributed by atoms with van der Waals surface area (Å²) >= 11 is 0. The maximum atomic E-state index is 5.45. The second kappa shape index (κ2) is 6.15. The monoisotopic (exact) mass is 281 g/mol. The van der Waals surface area contributed by atoms with Gasteiger partial charge in [0.25, 0.3) is 0 Å². The van der Waals surface area contributed by atoms with Gasteiger partial charge in [-0.25, -0.2) is 0 Å². The Morgan fingerprint density at radius 1 is 1.29 bits per heavy atom. The summed E-state index contributed by atoms with van der Waals surface area (Å²) in [5, 5.41) is 4.61. The number of anilines is 1. The zero-order chi connectivity index (χ0) is 15.5. The Labute approximate surface area is 127 Å². The minimum Gasteiger partial charge on any atom is -0.363 e. The van der Waals surface area contributed by atoms with Crippen molar-refractivity contribution in [3.8, 4) is 12.3 Å². The van der Waals surface area contributed by atoms with Crippen LogP contribution in [-0.2, 0) is 6.54 Å². The minimum atomic E-state index is 0.0677. The minimum absolute atomic E-state index is 0.0677. The molecule has 2 aromatic rings. The Morgan fingerprint density at radius 2 is 2.00 bits per heavy atom. The van der Waals surface area contributed by atoms with Gasteiger partial charge in [-0.2, -0.15) is 0 Å². The van der Waals surface area contributed by atoms with E-state index in [1.54, 1.807) is 0 Å². The summed E-state index contributed by atoms with van der Waals surface area (Å²) in [6, 6.07) is 10.3. The third-order valence-corrected chi connectivity index (χ3v) is 3.29. The highest BCUT2D eigenvalue weighted by Crippen LogP contribution is 2.26. The molecule has 0 radical (unpaired) electrons. The standard InChI is InChI=1S/C18H23N3/c1-6-11-21(5)17-12-14(13-19-18(2,3)4)20-16-10-8-7-9-15(16)17/h1,7-10,12,19H,11,13H2,2-5H3. The van der Waals surface area contributed by atoms with Crippen molar-refractivity contribution in [2.24, 2.45) is 0 Å². The van der Waals surface area contributed by atoms with Crippen LogP contribution in [0.2, 0.25) is 0 Å². The van der Waals surface area contributed by atoms with Crippen molar-refractivity contribution in [1.29, 1.82) is 0 Å². The number of terminal acetylenes is 1. The SMILES string of the molecule is C#CCN(C)c1cc(CNC(C)(C)C)nc2ccccc12. The molecule has 1 N–H and O–H groups in total. The molecule has 0 aliphatic rings. The normalized spacial score (nSPS) is 11.4. The number of fused-ring (bicyclic) bond motifs is 1. The van der Waals surface area contributed by atoms with Crippen LogP contribution in [0.5, 0.6) is 0 Å². The van der Waals surface area contributed by atoms with Crippen LogP contribution in [-0.4, -0.2) is 24.1 Å². The van der Waals surface area contributed by atoms with Crippen LogP contribution in [0.25, 0.3) is 10.9 Å². The van der Waals surface area contributed by atoms with Crippen LogP contribution in [0, 0.1) is 12.3 Å². The molecule has 3 nitrogen and oxygen atoms in total. The van der Waals surface area contributed by atoms with Crippen LogP contribution in [0.1, 0.15) is 26.5 Å². The fraction of sp³-hybridized carbons (Fsp3) is 0.389. The number of aromatic nitrogens is 1. The van der Waals surface area contributed by atoms with Crippen molar-refractivity contribution in [3.05, 3.63) is 36.0 Å². The molecule has 110 valence electrons. The summed E-state index contributed by atoms with van der Waals surface area (Å²) in [5.41, 5.74) is 3.23. The van der Waals surface area contributed by atoms with E-state index in [9.17, 15) is 0 Å². The van der Waals surface area contributed by atoms with Crippen LogP contribution in [0.3, 0.4) is 0 Å². The van der Waals surface area contributed by atoms with Crippen LogP contribution in [0.15, 0.2) is 30.3 Å². The van der Waals surface area contributed by atoms with Gasteiger partial charge < -0.3 is 10.2 Å². The Morgan fingerprint density at radius 3 is 2.67 bits per heavy atom. The zero-order valence-corrected chi connectivity index (χ0v) is 13.3. The van der Waals surface area contributed by atoms with E-state index in [2.05, 4.69) is 49.0 Å². The van der Waals surface area contributed by atoms with E-state index in [4.69, 9.17) is 11.4 Å². The highest BCUT2D eigenvalue weighted by atomic mass is 15.1. The van der Waals surface area contributed by atoms with Crippen molar-refractivity contribution in [1.82, 2.24) is 10.3 Å². The Balaban J connectivity index is 2.42. The Kier molecular flexibility index (Phi) is 4.50. The van der Waals surface area contributed by atoms with Gasteiger partial charge in [0.2, 0.25) is 0 Å². The molecule has 1 aromatic carbocycles. The van der Waals surface area contributed by atoms with E-state index in [0.29, 0.717) is 6.54 Å². The van der Waals surface area contributed by atoms with E-state index in [1.807, 2.05) is 25.2 Å². The van der Waals surface area contributed by atoms with Crippen molar-refractivity contribution >= 4 is 16.6 Å². The fourth-order valence-corrected chi connectivity index (χ4v) is 2.19. The van der Waals surface area contributed by atoms with Crippen molar-refractivity contribution in [2.45, 2.75) is 32.9 Å². The molecule has 0 aliphatic carbocycles. The first kappa shape index (κ1) is 15.3. The number of pyridine rings is 1. The molecule has 0 amide bonds. The lowest BCUT2D eigenvalue weighted by Gasteiger charge is -2.22. The number of nitrogens with one attached hydrogen (secondary N) is 1. The van der Waals surface area contributed by atoms with Gasteiger partial charge >= 0.3 is 0 Å². The summed E-state index contributed by atoms with van der Waals surface area (Å²) in [5.74, 6) is 2.70. The first-order chi connectivity index (χ1) is 9.90. The zero-order valence-electron chi connectivity index (χ0n) is 13.3. The summed E-state index contributed by atoms with van der Waals surface area (Å²) < 4.78 is 0. The topological polar surface area (TPSA) is 28.2 Å². The molecular formula is C18H23N3. The number of para-hydroxylation sites is 1. The van der Waals surface area contributed by atoms with Crippen molar-refractivity contribution in [3.63, 3.8) is 0 Å². The van der Waals surface area contributed by atoms with Crippen LogP contribution >= 0.6 is 0 Å².